The third-order valence-electron chi connectivity index (χ3n) is 5.07. The number of esters is 1. The molecule has 0 saturated carbocycles. The van der Waals surface area contributed by atoms with Crippen LogP contribution >= 0.6 is 11.6 Å². The summed E-state index contributed by atoms with van der Waals surface area (Å²) in [6, 6.07) is 15.1. The number of carbonyl (C=O) groups is 2. The van der Waals surface area contributed by atoms with Gasteiger partial charge in [0.15, 0.2) is 0 Å². The van der Waals surface area contributed by atoms with Gasteiger partial charge in [0.1, 0.15) is 6.04 Å². The number of aromatic nitrogens is 1. The molecule has 0 aliphatic carbocycles. The van der Waals surface area contributed by atoms with E-state index in [0.29, 0.717) is 21.7 Å². The van der Waals surface area contributed by atoms with Crippen LogP contribution in [0.3, 0.4) is 0 Å². The van der Waals surface area contributed by atoms with Crippen molar-refractivity contribution in [3.05, 3.63) is 92.9 Å². The van der Waals surface area contributed by atoms with Crippen LogP contribution in [0.25, 0.3) is 11.1 Å². The molecule has 1 amide bonds. The number of methoxy groups -OCH3 is 1. The van der Waals surface area contributed by atoms with Crippen LogP contribution in [0.4, 0.5) is 0 Å². The summed E-state index contributed by atoms with van der Waals surface area (Å²) in [5.41, 5.74) is 3.11. The van der Waals surface area contributed by atoms with Gasteiger partial charge in [0.2, 0.25) is 0 Å². The Kier molecular flexibility index (Phi) is 6.92. The lowest BCUT2D eigenvalue weighted by atomic mass is 10.0. The topological polar surface area (TPSA) is 77.4 Å². The molecule has 0 saturated heterocycles. The lowest BCUT2D eigenvalue weighted by molar-refractivity contribution is -0.142. The zero-order valence-electron chi connectivity index (χ0n) is 17.5. The highest BCUT2D eigenvalue weighted by molar-refractivity contribution is 6.34. The van der Waals surface area contributed by atoms with E-state index in [1.807, 2.05) is 30.3 Å². The first-order valence-electron chi connectivity index (χ1n) is 9.70. The van der Waals surface area contributed by atoms with E-state index in [9.17, 15) is 14.4 Å². The molecule has 0 unspecified atom stereocenters. The van der Waals surface area contributed by atoms with Crippen LogP contribution in [0.2, 0.25) is 5.02 Å². The van der Waals surface area contributed by atoms with Crippen molar-refractivity contribution in [3.8, 4) is 11.1 Å². The van der Waals surface area contributed by atoms with Gasteiger partial charge >= 0.3 is 5.97 Å². The van der Waals surface area contributed by atoms with Gasteiger partial charge in [-0.2, -0.15) is 0 Å². The number of nitrogens with zero attached hydrogens (tertiary/aromatic N) is 1. The van der Waals surface area contributed by atoms with Crippen LogP contribution in [0, 0.1) is 6.92 Å². The maximum atomic E-state index is 12.8. The molecule has 1 heterocycles. The average molecular weight is 439 g/mol. The van der Waals surface area contributed by atoms with Crippen LogP contribution in [0.1, 0.15) is 21.5 Å². The molecule has 0 radical (unpaired) electrons. The Morgan fingerprint density at radius 1 is 1.10 bits per heavy atom. The van der Waals surface area contributed by atoms with Gasteiger partial charge in [0.25, 0.3) is 11.5 Å². The van der Waals surface area contributed by atoms with Gasteiger partial charge in [-0.3, -0.25) is 9.59 Å². The molecule has 1 atom stereocenters. The van der Waals surface area contributed by atoms with E-state index in [1.54, 1.807) is 44.4 Å². The Morgan fingerprint density at radius 2 is 1.81 bits per heavy atom. The number of hydrogen-bond donors (Lipinski definition) is 1. The molecule has 0 aliphatic rings. The highest BCUT2D eigenvalue weighted by Crippen LogP contribution is 2.20. The zero-order valence-corrected chi connectivity index (χ0v) is 18.3. The maximum absolute atomic E-state index is 12.8. The fourth-order valence-electron chi connectivity index (χ4n) is 3.36. The molecule has 31 heavy (non-hydrogen) atoms. The minimum atomic E-state index is -0.886. The number of ether oxygens (including phenoxy) is 1. The van der Waals surface area contributed by atoms with Gasteiger partial charge < -0.3 is 14.6 Å². The lowest BCUT2D eigenvalue weighted by Crippen LogP contribution is -2.43. The van der Waals surface area contributed by atoms with Crippen molar-refractivity contribution in [1.82, 2.24) is 9.88 Å². The summed E-state index contributed by atoms with van der Waals surface area (Å²) < 4.78 is 6.39. The third-order valence-corrected chi connectivity index (χ3v) is 5.38. The number of amides is 1. The first kappa shape index (κ1) is 22.3. The molecule has 1 aromatic heterocycles. The van der Waals surface area contributed by atoms with Crippen molar-refractivity contribution >= 4 is 23.5 Å². The van der Waals surface area contributed by atoms with E-state index in [1.165, 1.54) is 11.7 Å². The predicted molar refractivity (Wildman–Crippen MR) is 120 cm³/mol. The molecular weight excluding hydrogens is 416 g/mol. The molecule has 2 aromatic carbocycles. The minimum Gasteiger partial charge on any atom is -0.467 e. The van der Waals surface area contributed by atoms with Gasteiger partial charge in [-0.05, 0) is 41.8 Å². The summed E-state index contributed by atoms with van der Waals surface area (Å²) in [6.07, 6.45) is 1.93. The molecule has 0 bridgehead atoms. The number of halogens is 1. The summed E-state index contributed by atoms with van der Waals surface area (Å²) in [5.74, 6) is -0.998. The van der Waals surface area contributed by atoms with E-state index in [-0.39, 0.29) is 12.0 Å². The Balaban J connectivity index is 1.81. The summed E-state index contributed by atoms with van der Waals surface area (Å²) in [4.78, 5) is 37.4. The van der Waals surface area contributed by atoms with E-state index in [2.05, 4.69) is 5.32 Å². The molecular formula is C24H23ClN2O4. The summed E-state index contributed by atoms with van der Waals surface area (Å²) in [5, 5.41) is 3.04. The van der Waals surface area contributed by atoms with E-state index >= 15 is 0 Å². The van der Waals surface area contributed by atoms with Crippen LogP contribution < -0.4 is 10.9 Å². The standard InChI is InChI=1S/C24H23ClN2O4/c1-15-6-4-8-19(25)21(15)22(28)26-20(24(30)31-3)14-16-9-11-17(12-10-16)18-7-5-13-27(2)23(18)29/h4-13,20H,14H2,1-3H3,(H,26,28)/t20-/m0/s1. The molecule has 3 rings (SSSR count). The first-order chi connectivity index (χ1) is 14.8. The number of aryl methyl sites for hydroxylation is 2. The molecule has 1 N–H and O–H groups in total. The third kappa shape index (κ3) is 5.03. The monoisotopic (exact) mass is 438 g/mol. The SMILES string of the molecule is COC(=O)[C@H](Cc1ccc(-c2cccn(C)c2=O)cc1)NC(=O)c1c(C)cccc1Cl. The second-order valence-electron chi connectivity index (χ2n) is 7.22. The highest BCUT2D eigenvalue weighted by atomic mass is 35.5. The molecule has 0 aliphatic heterocycles. The maximum Gasteiger partial charge on any atom is 0.328 e. The van der Waals surface area contributed by atoms with Crippen molar-refractivity contribution < 1.29 is 14.3 Å². The lowest BCUT2D eigenvalue weighted by Gasteiger charge is -2.18. The van der Waals surface area contributed by atoms with Crippen molar-refractivity contribution in [3.63, 3.8) is 0 Å². The Bertz CT molecular complexity index is 1150. The van der Waals surface area contributed by atoms with Crippen molar-refractivity contribution in [2.45, 2.75) is 19.4 Å². The quantitative estimate of drug-likeness (QED) is 0.597. The van der Waals surface area contributed by atoms with Gasteiger partial charge in [0, 0.05) is 25.2 Å². The smallest absolute Gasteiger partial charge is 0.328 e. The fourth-order valence-corrected chi connectivity index (χ4v) is 3.67. The molecule has 0 fully saturated rings. The summed E-state index contributed by atoms with van der Waals surface area (Å²) in [6.45, 7) is 1.78. The van der Waals surface area contributed by atoms with Gasteiger partial charge in [-0.15, -0.1) is 0 Å². The van der Waals surface area contributed by atoms with Crippen molar-refractivity contribution in [2.24, 2.45) is 7.05 Å². The highest BCUT2D eigenvalue weighted by Gasteiger charge is 2.24. The second-order valence-corrected chi connectivity index (χ2v) is 7.63. The van der Waals surface area contributed by atoms with E-state index < -0.39 is 17.9 Å². The minimum absolute atomic E-state index is 0.0925. The van der Waals surface area contributed by atoms with Gasteiger partial charge in [0.05, 0.1) is 17.7 Å². The van der Waals surface area contributed by atoms with E-state index in [0.717, 1.165) is 11.1 Å². The van der Waals surface area contributed by atoms with Crippen molar-refractivity contribution in [1.29, 1.82) is 0 Å². The Morgan fingerprint density at radius 3 is 2.45 bits per heavy atom. The zero-order chi connectivity index (χ0) is 22.5. The molecule has 3 aromatic rings. The second kappa shape index (κ2) is 9.62. The number of benzene rings is 2. The summed E-state index contributed by atoms with van der Waals surface area (Å²) in [7, 11) is 2.97. The molecule has 6 nitrogen and oxygen atoms in total. The first-order valence-corrected chi connectivity index (χ1v) is 10.1. The molecule has 7 heteroatoms. The van der Waals surface area contributed by atoms with Crippen LogP contribution in [-0.4, -0.2) is 29.6 Å². The van der Waals surface area contributed by atoms with Crippen LogP contribution in [-0.2, 0) is 23.0 Å². The number of hydrogen-bond acceptors (Lipinski definition) is 4. The number of rotatable bonds is 6. The fraction of sp³-hybridized carbons (Fsp3) is 0.208. The predicted octanol–water partition coefficient (Wildman–Crippen LogP) is 3.53. The normalized spacial score (nSPS) is 11.6. The van der Waals surface area contributed by atoms with Gasteiger partial charge in [-0.1, -0.05) is 48.0 Å². The molecule has 0 spiro atoms. The Labute approximate surface area is 185 Å². The number of carbonyl (C=O) groups excluding carboxylic acids is 2. The molecule has 160 valence electrons. The Hall–Kier alpha value is -3.38. The number of pyridine rings is 1. The average Bonchev–Trinajstić information content (AvgIpc) is 2.75. The van der Waals surface area contributed by atoms with Gasteiger partial charge in [-0.25, -0.2) is 4.79 Å². The van der Waals surface area contributed by atoms with E-state index in [4.69, 9.17) is 16.3 Å². The summed E-state index contributed by atoms with van der Waals surface area (Å²) >= 11 is 6.18. The largest absolute Gasteiger partial charge is 0.467 e. The van der Waals surface area contributed by atoms with Crippen molar-refractivity contribution in [2.75, 3.05) is 7.11 Å². The van der Waals surface area contributed by atoms with Crippen LogP contribution in [0.15, 0.2) is 65.6 Å². The van der Waals surface area contributed by atoms with Crippen LogP contribution in [0.5, 0.6) is 0 Å². The number of nitrogens with one attached hydrogen (secondary N) is 1.